The van der Waals surface area contributed by atoms with Gasteiger partial charge in [0.15, 0.2) is 5.69 Å². The summed E-state index contributed by atoms with van der Waals surface area (Å²) < 4.78 is 5.39. The highest BCUT2D eigenvalue weighted by Gasteiger charge is 2.20. The number of pyridine rings is 1. The van der Waals surface area contributed by atoms with Crippen LogP contribution in [0.3, 0.4) is 0 Å². The van der Waals surface area contributed by atoms with Gasteiger partial charge in [-0.15, -0.1) is 0 Å². The molecule has 0 spiro atoms. The summed E-state index contributed by atoms with van der Waals surface area (Å²) in [5.41, 5.74) is 2.45. The second-order valence-corrected chi connectivity index (χ2v) is 9.42. The monoisotopic (exact) mass is 472 g/mol. The van der Waals surface area contributed by atoms with Crippen LogP contribution >= 0.6 is 0 Å². The number of amides is 2. The molecule has 0 bridgehead atoms. The fourth-order valence-electron chi connectivity index (χ4n) is 5.03. The first-order valence-corrected chi connectivity index (χ1v) is 12.5. The van der Waals surface area contributed by atoms with E-state index in [4.69, 9.17) is 4.74 Å². The van der Waals surface area contributed by atoms with E-state index in [0.717, 1.165) is 56.5 Å². The summed E-state index contributed by atoms with van der Waals surface area (Å²) in [5.74, 6) is -0.126. The molecule has 0 radical (unpaired) electrons. The summed E-state index contributed by atoms with van der Waals surface area (Å²) in [4.78, 5) is 33.0. The van der Waals surface area contributed by atoms with Crippen LogP contribution in [0.15, 0.2) is 54.7 Å². The zero-order chi connectivity index (χ0) is 24.0. The molecule has 0 aliphatic carbocycles. The molecule has 35 heavy (non-hydrogen) atoms. The van der Waals surface area contributed by atoms with Crippen molar-refractivity contribution in [1.82, 2.24) is 15.2 Å². The van der Waals surface area contributed by atoms with E-state index in [1.807, 2.05) is 24.3 Å². The standard InChI is InChI=1S/C28H32N4O3/c33-27(24-10-9-21(19-32-14-3-4-15-32)22-6-1-2-7-23(22)24)31-25-8-5-13-29-26(25)28(34)30-18-20-11-16-35-17-12-20/h1-2,5-10,13,20H,3-4,11-12,14-19H2,(H,30,34)(H,31,33). The maximum absolute atomic E-state index is 13.4. The molecule has 2 amide bonds. The molecule has 182 valence electrons. The molecule has 7 nitrogen and oxygen atoms in total. The fourth-order valence-corrected chi connectivity index (χ4v) is 5.03. The minimum Gasteiger partial charge on any atom is -0.381 e. The van der Waals surface area contributed by atoms with Crippen LogP contribution in [0.4, 0.5) is 5.69 Å². The van der Waals surface area contributed by atoms with E-state index in [0.29, 0.717) is 23.7 Å². The van der Waals surface area contributed by atoms with Crippen molar-refractivity contribution in [2.75, 3.05) is 38.2 Å². The molecular formula is C28H32N4O3. The SMILES string of the molecule is O=C(NCC1CCOCC1)c1ncccc1NC(=O)c1ccc(CN2CCCC2)c2ccccc12. The number of carbonyl (C=O) groups excluding carboxylic acids is 2. The summed E-state index contributed by atoms with van der Waals surface area (Å²) >= 11 is 0. The number of nitrogens with one attached hydrogen (secondary N) is 2. The molecule has 0 saturated carbocycles. The van der Waals surface area contributed by atoms with E-state index in [-0.39, 0.29) is 17.5 Å². The van der Waals surface area contributed by atoms with Crippen molar-refractivity contribution in [2.24, 2.45) is 5.92 Å². The molecule has 1 aromatic heterocycles. The zero-order valence-electron chi connectivity index (χ0n) is 20.0. The number of carbonyl (C=O) groups is 2. The van der Waals surface area contributed by atoms with Gasteiger partial charge in [-0.3, -0.25) is 14.5 Å². The van der Waals surface area contributed by atoms with E-state index in [9.17, 15) is 9.59 Å². The first-order valence-electron chi connectivity index (χ1n) is 12.5. The first-order chi connectivity index (χ1) is 17.2. The van der Waals surface area contributed by atoms with E-state index >= 15 is 0 Å². The number of nitrogens with zero attached hydrogens (tertiary/aromatic N) is 2. The molecule has 5 rings (SSSR count). The van der Waals surface area contributed by atoms with Crippen molar-refractivity contribution in [1.29, 1.82) is 0 Å². The average molecular weight is 473 g/mol. The number of anilines is 1. The van der Waals surface area contributed by atoms with Crippen LogP contribution in [0, 0.1) is 5.92 Å². The Kier molecular flexibility index (Phi) is 7.35. The molecule has 2 fully saturated rings. The number of benzene rings is 2. The quantitative estimate of drug-likeness (QED) is 0.537. The second kappa shape index (κ2) is 11.0. The third kappa shape index (κ3) is 5.52. The number of ether oxygens (including phenoxy) is 1. The highest BCUT2D eigenvalue weighted by Crippen LogP contribution is 2.26. The Bertz CT molecular complexity index is 1200. The number of hydrogen-bond donors (Lipinski definition) is 2. The number of aromatic nitrogens is 1. The molecule has 2 aliphatic rings. The topological polar surface area (TPSA) is 83.6 Å². The molecule has 2 N–H and O–H groups in total. The summed E-state index contributed by atoms with van der Waals surface area (Å²) in [6.45, 7) is 5.18. The zero-order valence-corrected chi connectivity index (χ0v) is 20.0. The predicted octanol–water partition coefficient (Wildman–Crippen LogP) is 4.24. The van der Waals surface area contributed by atoms with Gasteiger partial charge in [0.2, 0.25) is 0 Å². The summed E-state index contributed by atoms with van der Waals surface area (Å²) in [7, 11) is 0. The Morgan fingerprint density at radius 1 is 0.943 bits per heavy atom. The number of fused-ring (bicyclic) bond motifs is 1. The molecule has 2 aromatic carbocycles. The summed E-state index contributed by atoms with van der Waals surface area (Å²) in [6.07, 6.45) is 5.93. The van der Waals surface area contributed by atoms with Gasteiger partial charge in [0.1, 0.15) is 0 Å². The van der Waals surface area contributed by atoms with Gasteiger partial charge in [-0.25, -0.2) is 4.98 Å². The molecule has 3 heterocycles. The largest absolute Gasteiger partial charge is 0.381 e. The molecule has 7 heteroatoms. The minimum atomic E-state index is -0.279. The lowest BCUT2D eigenvalue weighted by Crippen LogP contribution is -2.33. The first kappa shape index (κ1) is 23.5. The molecule has 0 atom stereocenters. The Morgan fingerprint density at radius 2 is 1.71 bits per heavy atom. The van der Waals surface area contributed by atoms with Crippen molar-refractivity contribution in [3.05, 3.63) is 71.5 Å². The number of rotatable bonds is 7. The van der Waals surface area contributed by atoms with Crippen LogP contribution < -0.4 is 10.6 Å². The average Bonchev–Trinajstić information content (AvgIpc) is 3.41. The molecule has 3 aromatic rings. The van der Waals surface area contributed by atoms with Crippen LogP contribution in [-0.4, -0.2) is 54.5 Å². The smallest absolute Gasteiger partial charge is 0.272 e. The van der Waals surface area contributed by atoms with E-state index in [1.54, 1.807) is 18.3 Å². The minimum absolute atomic E-state index is 0.225. The second-order valence-electron chi connectivity index (χ2n) is 9.42. The molecular weight excluding hydrogens is 440 g/mol. The third-order valence-corrected chi connectivity index (χ3v) is 7.01. The van der Waals surface area contributed by atoms with Gasteiger partial charge in [-0.2, -0.15) is 0 Å². The van der Waals surface area contributed by atoms with Gasteiger partial charge >= 0.3 is 0 Å². The Hall–Kier alpha value is -3.29. The molecule has 0 unspecified atom stereocenters. The van der Waals surface area contributed by atoms with Crippen LogP contribution in [0.25, 0.3) is 10.8 Å². The van der Waals surface area contributed by atoms with Gasteiger partial charge in [-0.05, 0) is 79.2 Å². The Morgan fingerprint density at radius 3 is 2.51 bits per heavy atom. The summed E-state index contributed by atoms with van der Waals surface area (Å²) in [5, 5.41) is 7.92. The van der Waals surface area contributed by atoms with Gasteiger partial charge in [0.25, 0.3) is 11.8 Å². The van der Waals surface area contributed by atoms with E-state index < -0.39 is 0 Å². The molecule has 2 aliphatic heterocycles. The van der Waals surface area contributed by atoms with Crippen LogP contribution in [0.2, 0.25) is 0 Å². The Balaban J connectivity index is 1.33. The van der Waals surface area contributed by atoms with Crippen molar-refractivity contribution < 1.29 is 14.3 Å². The Labute approximate surface area is 205 Å². The van der Waals surface area contributed by atoms with Gasteiger partial charge in [0.05, 0.1) is 5.69 Å². The lowest BCUT2D eigenvalue weighted by atomic mass is 9.98. The van der Waals surface area contributed by atoms with Crippen molar-refractivity contribution in [3.8, 4) is 0 Å². The van der Waals surface area contributed by atoms with Crippen LogP contribution in [0.5, 0.6) is 0 Å². The lowest BCUT2D eigenvalue weighted by molar-refractivity contribution is 0.0642. The van der Waals surface area contributed by atoms with E-state index in [1.165, 1.54) is 18.4 Å². The maximum atomic E-state index is 13.4. The van der Waals surface area contributed by atoms with Gasteiger partial charge in [-0.1, -0.05) is 30.3 Å². The normalized spacial score (nSPS) is 16.9. The number of hydrogen-bond acceptors (Lipinski definition) is 5. The highest BCUT2D eigenvalue weighted by atomic mass is 16.5. The van der Waals surface area contributed by atoms with Gasteiger partial charge < -0.3 is 15.4 Å². The fraction of sp³-hybridized carbons (Fsp3) is 0.393. The van der Waals surface area contributed by atoms with E-state index in [2.05, 4.69) is 32.7 Å². The molecule has 2 saturated heterocycles. The van der Waals surface area contributed by atoms with Crippen LogP contribution in [0.1, 0.15) is 52.1 Å². The van der Waals surface area contributed by atoms with Crippen LogP contribution in [-0.2, 0) is 11.3 Å². The predicted molar refractivity (Wildman–Crippen MR) is 137 cm³/mol. The lowest BCUT2D eigenvalue weighted by Gasteiger charge is -2.22. The van der Waals surface area contributed by atoms with Crippen molar-refractivity contribution in [2.45, 2.75) is 32.2 Å². The van der Waals surface area contributed by atoms with Crippen molar-refractivity contribution in [3.63, 3.8) is 0 Å². The maximum Gasteiger partial charge on any atom is 0.272 e. The number of likely N-dealkylation sites (tertiary alicyclic amines) is 1. The summed E-state index contributed by atoms with van der Waals surface area (Å²) in [6, 6.07) is 15.4. The van der Waals surface area contributed by atoms with Crippen molar-refractivity contribution >= 4 is 28.3 Å². The highest BCUT2D eigenvalue weighted by molar-refractivity contribution is 6.15. The third-order valence-electron chi connectivity index (χ3n) is 7.01. The van der Waals surface area contributed by atoms with Gasteiger partial charge in [0, 0.05) is 38.1 Å².